The van der Waals surface area contributed by atoms with Crippen LogP contribution in [-0.4, -0.2) is 17.3 Å². The number of amides is 1. The van der Waals surface area contributed by atoms with Gasteiger partial charge in [0.15, 0.2) is 0 Å². The Labute approximate surface area is 104 Å². The van der Waals surface area contributed by atoms with Crippen molar-refractivity contribution in [3.8, 4) is 0 Å². The van der Waals surface area contributed by atoms with Crippen LogP contribution in [0.1, 0.15) is 65.2 Å². The van der Waals surface area contributed by atoms with E-state index < -0.39 is 5.54 Å². The van der Waals surface area contributed by atoms with Crippen LogP contribution in [0.25, 0.3) is 0 Å². The van der Waals surface area contributed by atoms with Gasteiger partial charge in [-0.15, -0.1) is 0 Å². The van der Waals surface area contributed by atoms with E-state index in [4.69, 9.17) is 4.99 Å². The number of rotatable bonds is 4. The van der Waals surface area contributed by atoms with Gasteiger partial charge in [0.05, 0.1) is 0 Å². The van der Waals surface area contributed by atoms with Crippen LogP contribution in [0.4, 0.5) is 0 Å². The van der Waals surface area contributed by atoms with Gasteiger partial charge in [-0.25, -0.2) is 0 Å². The van der Waals surface area contributed by atoms with Crippen LogP contribution in [0.2, 0.25) is 0 Å². The Morgan fingerprint density at radius 2 is 2.06 bits per heavy atom. The van der Waals surface area contributed by atoms with Gasteiger partial charge in [0, 0.05) is 6.42 Å². The molecule has 1 aliphatic carbocycles. The standard InChI is InChI=1S/C14H24N2O/c1-3-4-10-12-15-13(17)14(2,16-12)11-8-6-5-7-9-11/h11H,3-10H2,1-2H3,(H,15,16,17). The smallest absolute Gasteiger partial charge is 0.253 e. The van der Waals surface area contributed by atoms with Crippen LogP contribution in [-0.2, 0) is 4.79 Å². The highest BCUT2D eigenvalue weighted by molar-refractivity contribution is 6.08. The van der Waals surface area contributed by atoms with E-state index in [0.717, 1.165) is 37.9 Å². The summed E-state index contributed by atoms with van der Waals surface area (Å²) in [7, 11) is 0. The number of aliphatic imine (C=N–C) groups is 1. The first-order valence-corrected chi connectivity index (χ1v) is 7.07. The fourth-order valence-electron chi connectivity index (χ4n) is 3.02. The van der Waals surface area contributed by atoms with Crippen molar-refractivity contribution in [3.63, 3.8) is 0 Å². The van der Waals surface area contributed by atoms with Gasteiger partial charge < -0.3 is 5.32 Å². The normalized spacial score (nSPS) is 30.2. The van der Waals surface area contributed by atoms with Crippen LogP contribution >= 0.6 is 0 Å². The molecule has 0 aromatic heterocycles. The number of carbonyl (C=O) groups excluding carboxylic acids is 1. The van der Waals surface area contributed by atoms with Crippen molar-refractivity contribution in [2.24, 2.45) is 10.9 Å². The summed E-state index contributed by atoms with van der Waals surface area (Å²) in [6.07, 6.45) is 9.34. The maximum absolute atomic E-state index is 12.1. The third-order valence-corrected chi connectivity index (χ3v) is 4.25. The molecule has 1 amide bonds. The molecule has 2 aliphatic rings. The van der Waals surface area contributed by atoms with Crippen molar-refractivity contribution in [2.45, 2.75) is 70.8 Å². The summed E-state index contributed by atoms with van der Waals surface area (Å²) in [4.78, 5) is 16.9. The Morgan fingerprint density at radius 1 is 1.35 bits per heavy atom. The Bertz CT molecular complexity index is 318. The van der Waals surface area contributed by atoms with Crippen molar-refractivity contribution in [1.82, 2.24) is 5.32 Å². The lowest BCUT2D eigenvalue weighted by Crippen LogP contribution is -2.43. The molecule has 0 bridgehead atoms. The summed E-state index contributed by atoms with van der Waals surface area (Å²) in [5.41, 5.74) is -0.469. The quantitative estimate of drug-likeness (QED) is 0.801. The first kappa shape index (κ1) is 12.6. The molecule has 0 aromatic rings. The van der Waals surface area contributed by atoms with Crippen molar-refractivity contribution in [3.05, 3.63) is 0 Å². The fourth-order valence-corrected chi connectivity index (χ4v) is 3.02. The van der Waals surface area contributed by atoms with Gasteiger partial charge in [-0.2, -0.15) is 0 Å². The molecule has 96 valence electrons. The zero-order valence-electron chi connectivity index (χ0n) is 11.1. The Balaban J connectivity index is 2.06. The number of nitrogens with zero attached hydrogens (tertiary/aromatic N) is 1. The summed E-state index contributed by atoms with van der Waals surface area (Å²) in [5, 5.41) is 2.99. The van der Waals surface area contributed by atoms with Crippen molar-refractivity contribution in [2.75, 3.05) is 0 Å². The number of carbonyl (C=O) groups is 1. The minimum atomic E-state index is -0.469. The monoisotopic (exact) mass is 236 g/mol. The van der Waals surface area contributed by atoms with Gasteiger partial charge in [0.1, 0.15) is 11.4 Å². The molecule has 1 N–H and O–H groups in total. The lowest BCUT2D eigenvalue weighted by molar-refractivity contribution is -0.125. The fraction of sp³-hybridized carbons (Fsp3) is 0.857. The number of nitrogens with one attached hydrogen (secondary N) is 1. The first-order valence-electron chi connectivity index (χ1n) is 7.07. The number of hydrogen-bond acceptors (Lipinski definition) is 2. The lowest BCUT2D eigenvalue weighted by Gasteiger charge is -2.32. The minimum Gasteiger partial charge on any atom is -0.312 e. The highest BCUT2D eigenvalue weighted by Gasteiger charge is 2.45. The lowest BCUT2D eigenvalue weighted by atomic mass is 9.76. The van der Waals surface area contributed by atoms with E-state index in [1.54, 1.807) is 0 Å². The van der Waals surface area contributed by atoms with Gasteiger partial charge in [-0.3, -0.25) is 9.79 Å². The highest BCUT2D eigenvalue weighted by Crippen LogP contribution is 2.37. The third-order valence-electron chi connectivity index (χ3n) is 4.25. The maximum atomic E-state index is 12.1. The molecule has 0 aromatic carbocycles. The Morgan fingerprint density at radius 3 is 2.71 bits per heavy atom. The van der Waals surface area contributed by atoms with Crippen molar-refractivity contribution >= 4 is 11.7 Å². The molecule has 0 spiro atoms. The summed E-state index contributed by atoms with van der Waals surface area (Å²) in [6.45, 7) is 4.19. The molecule has 1 unspecified atom stereocenters. The Kier molecular flexibility index (Phi) is 3.85. The highest BCUT2D eigenvalue weighted by atomic mass is 16.2. The van der Waals surface area contributed by atoms with Crippen LogP contribution in [0.5, 0.6) is 0 Å². The molecule has 3 heteroatoms. The second-order valence-electron chi connectivity index (χ2n) is 5.60. The third kappa shape index (κ3) is 2.53. The van der Waals surface area contributed by atoms with Crippen molar-refractivity contribution in [1.29, 1.82) is 0 Å². The molecule has 3 nitrogen and oxygen atoms in total. The number of hydrogen-bond donors (Lipinski definition) is 1. The summed E-state index contributed by atoms with van der Waals surface area (Å²) in [6, 6.07) is 0. The maximum Gasteiger partial charge on any atom is 0.253 e. The topological polar surface area (TPSA) is 41.5 Å². The molecule has 1 aliphatic heterocycles. The number of amidine groups is 1. The SMILES string of the molecule is CCCCC1=NC(C)(C2CCCCC2)C(=O)N1. The average molecular weight is 236 g/mol. The molecule has 1 fully saturated rings. The van der Waals surface area contributed by atoms with Gasteiger partial charge in [-0.1, -0.05) is 32.6 Å². The predicted molar refractivity (Wildman–Crippen MR) is 70.1 cm³/mol. The molecule has 17 heavy (non-hydrogen) atoms. The zero-order valence-corrected chi connectivity index (χ0v) is 11.1. The minimum absolute atomic E-state index is 0.135. The summed E-state index contributed by atoms with van der Waals surface area (Å²) < 4.78 is 0. The van der Waals surface area contributed by atoms with E-state index >= 15 is 0 Å². The van der Waals surface area contributed by atoms with Gasteiger partial charge in [0.25, 0.3) is 5.91 Å². The van der Waals surface area contributed by atoms with Crippen LogP contribution < -0.4 is 5.32 Å². The summed E-state index contributed by atoms with van der Waals surface area (Å²) in [5.74, 6) is 1.51. The average Bonchev–Trinajstić information content (AvgIpc) is 2.65. The van der Waals surface area contributed by atoms with Crippen LogP contribution in [0.15, 0.2) is 4.99 Å². The van der Waals surface area contributed by atoms with E-state index in [9.17, 15) is 4.79 Å². The van der Waals surface area contributed by atoms with E-state index in [1.165, 1.54) is 19.3 Å². The van der Waals surface area contributed by atoms with Gasteiger partial charge in [-0.05, 0) is 32.1 Å². The zero-order chi connectivity index (χ0) is 12.3. The van der Waals surface area contributed by atoms with Crippen molar-refractivity contribution < 1.29 is 4.79 Å². The Hall–Kier alpha value is -0.860. The molecular weight excluding hydrogens is 212 g/mol. The molecule has 0 radical (unpaired) electrons. The molecular formula is C14H24N2O. The second kappa shape index (κ2) is 5.19. The van der Waals surface area contributed by atoms with E-state index in [1.807, 2.05) is 6.92 Å². The second-order valence-corrected chi connectivity index (χ2v) is 5.60. The molecule has 0 saturated heterocycles. The first-order chi connectivity index (χ1) is 8.16. The van der Waals surface area contributed by atoms with E-state index in [0.29, 0.717) is 5.92 Å². The molecule has 1 saturated carbocycles. The van der Waals surface area contributed by atoms with Gasteiger partial charge in [0.2, 0.25) is 0 Å². The van der Waals surface area contributed by atoms with Gasteiger partial charge >= 0.3 is 0 Å². The van der Waals surface area contributed by atoms with Crippen LogP contribution in [0.3, 0.4) is 0 Å². The van der Waals surface area contributed by atoms with E-state index in [2.05, 4.69) is 12.2 Å². The summed E-state index contributed by atoms with van der Waals surface area (Å²) >= 11 is 0. The largest absolute Gasteiger partial charge is 0.312 e. The van der Waals surface area contributed by atoms with Crippen LogP contribution in [0, 0.1) is 5.92 Å². The predicted octanol–water partition coefficient (Wildman–Crippen LogP) is 3.04. The number of unbranched alkanes of at least 4 members (excludes halogenated alkanes) is 1. The molecule has 2 rings (SSSR count). The van der Waals surface area contributed by atoms with E-state index in [-0.39, 0.29) is 5.91 Å². The molecule has 1 heterocycles. The molecule has 1 atom stereocenters.